The molecule has 1 rings (SSSR count). The van der Waals surface area contributed by atoms with Crippen LogP contribution in [0, 0.1) is 11.5 Å². The number of carbonyl (C=O) groups is 1. The van der Waals surface area contributed by atoms with Gasteiger partial charge in [0.05, 0.1) is 0 Å². The Bertz CT molecular complexity index is 296. The minimum atomic E-state index is -0.489. The Balaban J connectivity index is 2.73. The quantitative estimate of drug-likeness (QED) is 0.385. The molecule has 12 heavy (non-hydrogen) atoms. The Kier molecular flexibility index (Phi) is 2.37. The first-order valence-corrected chi connectivity index (χ1v) is 3.17. The minimum Gasteiger partial charge on any atom is -0.370 e. The molecule has 4 N–H and O–H groups in total. The van der Waals surface area contributed by atoms with Crippen molar-refractivity contribution < 1.29 is 4.79 Å². The van der Waals surface area contributed by atoms with E-state index in [2.05, 4.69) is 16.4 Å². The Morgan fingerprint density at radius 2 is 2.50 bits per heavy atom. The molecular formula is C7H7N4O. The van der Waals surface area contributed by atoms with Crippen molar-refractivity contribution in [1.82, 2.24) is 10.3 Å². The summed E-state index contributed by atoms with van der Waals surface area (Å²) >= 11 is 0. The van der Waals surface area contributed by atoms with Gasteiger partial charge in [0.1, 0.15) is 5.69 Å². The lowest BCUT2D eigenvalue weighted by molar-refractivity contribution is 0.0971. The third-order valence-corrected chi connectivity index (χ3v) is 1.10. The summed E-state index contributed by atoms with van der Waals surface area (Å²) in [5.41, 5.74) is 5.16. The molecule has 1 heterocycles. The molecule has 0 aliphatic heterocycles. The van der Waals surface area contributed by atoms with E-state index in [-0.39, 0.29) is 5.69 Å². The van der Waals surface area contributed by atoms with Crippen LogP contribution in [0.1, 0.15) is 10.5 Å². The number of aromatic nitrogens is 1. The van der Waals surface area contributed by atoms with Gasteiger partial charge in [0.2, 0.25) is 0 Å². The predicted molar refractivity (Wildman–Crippen MR) is 42.5 cm³/mol. The summed E-state index contributed by atoms with van der Waals surface area (Å²) in [6.45, 7) is 0. The number of hydrogen-bond donors (Lipinski definition) is 3. The van der Waals surface area contributed by atoms with Gasteiger partial charge < -0.3 is 5.73 Å². The first-order chi connectivity index (χ1) is 5.70. The third kappa shape index (κ3) is 2.05. The molecule has 0 bridgehead atoms. The maximum atomic E-state index is 11.0. The molecule has 0 aromatic carbocycles. The molecule has 1 radical (unpaired) electrons. The van der Waals surface area contributed by atoms with Crippen molar-refractivity contribution in [3.05, 3.63) is 30.1 Å². The van der Waals surface area contributed by atoms with Gasteiger partial charge in [-0.15, -0.1) is 0 Å². The maximum Gasteiger partial charge on any atom is 0.276 e. The van der Waals surface area contributed by atoms with E-state index in [0.29, 0.717) is 0 Å². The second-order valence-electron chi connectivity index (χ2n) is 2.01. The Morgan fingerprint density at radius 3 is 3.00 bits per heavy atom. The van der Waals surface area contributed by atoms with Gasteiger partial charge in [-0.2, -0.15) is 0 Å². The fraction of sp³-hybridized carbons (Fsp3) is 0. The molecular weight excluding hydrogens is 156 g/mol. The molecule has 0 saturated carbocycles. The molecule has 0 aliphatic rings. The largest absolute Gasteiger partial charge is 0.370 e. The summed E-state index contributed by atoms with van der Waals surface area (Å²) in [5, 5.41) is 8.89. The van der Waals surface area contributed by atoms with Crippen molar-refractivity contribution >= 4 is 11.9 Å². The van der Waals surface area contributed by atoms with Gasteiger partial charge >= 0.3 is 0 Å². The molecule has 1 amide bonds. The number of nitrogens with zero attached hydrogens (tertiary/aromatic N) is 1. The van der Waals surface area contributed by atoms with Crippen molar-refractivity contribution in [1.29, 1.82) is 5.41 Å². The maximum absolute atomic E-state index is 11.0. The van der Waals surface area contributed by atoms with Crippen LogP contribution >= 0.6 is 0 Å². The fourth-order valence-corrected chi connectivity index (χ4v) is 0.641. The summed E-state index contributed by atoms with van der Waals surface area (Å²) in [6.07, 6.45) is 1.37. The van der Waals surface area contributed by atoms with Gasteiger partial charge in [-0.1, -0.05) is 6.07 Å². The van der Waals surface area contributed by atoms with Crippen molar-refractivity contribution in [3.63, 3.8) is 0 Å². The van der Waals surface area contributed by atoms with Gasteiger partial charge in [0, 0.05) is 12.3 Å². The second kappa shape index (κ2) is 3.47. The van der Waals surface area contributed by atoms with Crippen LogP contribution in [0.2, 0.25) is 0 Å². The number of nitrogens with one attached hydrogen (secondary N) is 2. The van der Waals surface area contributed by atoms with Crippen LogP contribution in [0.5, 0.6) is 0 Å². The second-order valence-corrected chi connectivity index (χ2v) is 2.01. The first-order valence-electron chi connectivity index (χ1n) is 3.17. The SMILES string of the molecule is N=C(N)NC(=O)c1cc[c]cn1. The number of nitrogens with two attached hydrogens (primary N) is 1. The highest BCUT2D eigenvalue weighted by molar-refractivity contribution is 6.03. The summed E-state index contributed by atoms with van der Waals surface area (Å²) in [4.78, 5) is 14.8. The van der Waals surface area contributed by atoms with E-state index in [4.69, 9.17) is 11.1 Å². The van der Waals surface area contributed by atoms with E-state index in [1.807, 2.05) is 0 Å². The lowest BCUT2D eigenvalue weighted by atomic mass is 10.3. The Hall–Kier alpha value is -1.91. The summed E-state index contributed by atoms with van der Waals surface area (Å²) in [5.74, 6) is -0.883. The monoisotopic (exact) mass is 163 g/mol. The van der Waals surface area contributed by atoms with Crippen molar-refractivity contribution in [2.24, 2.45) is 5.73 Å². The van der Waals surface area contributed by atoms with Crippen LogP contribution in [0.4, 0.5) is 0 Å². The molecule has 1 aromatic rings. The molecule has 5 nitrogen and oxygen atoms in total. The zero-order chi connectivity index (χ0) is 8.97. The standard InChI is InChI=1S/C7H7N4O/c8-7(9)11-6(12)5-3-1-2-4-10-5/h1,3-4H,(H4,8,9,11,12). The fourth-order valence-electron chi connectivity index (χ4n) is 0.641. The molecule has 0 atom stereocenters. The van der Waals surface area contributed by atoms with E-state index in [1.54, 1.807) is 6.07 Å². The highest BCUT2D eigenvalue weighted by atomic mass is 16.2. The van der Waals surface area contributed by atoms with E-state index < -0.39 is 11.9 Å². The third-order valence-electron chi connectivity index (χ3n) is 1.10. The van der Waals surface area contributed by atoms with E-state index in [0.717, 1.165) is 0 Å². The minimum absolute atomic E-state index is 0.212. The lowest BCUT2D eigenvalue weighted by Crippen LogP contribution is -2.36. The van der Waals surface area contributed by atoms with E-state index in [1.165, 1.54) is 12.3 Å². The van der Waals surface area contributed by atoms with Crippen LogP contribution in [-0.2, 0) is 0 Å². The average Bonchev–Trinajstić information content (AvgIpc) is 2.05. The van der Waals surface area contributed by atoms with Crippen LogP contribution in [0.3, 0.4) is 0 Å². The summed E-state index contributed by atoms with van der Waals surface area (Å²) in [6, 6.07) is 5.71. The molecule has 0 spiro atoms. The van der Waals surface area contributed by atoms with Crippen LogP contribution in [-0.4, -0.2) is 16.9 Å². The molecule has 0 unspecified atom stereocenters. The van der Waals surface area contributed by atoms with E-state index >= 15 is 0 Å². The highest BCUT2D eigenvalue weighted by Gasteiger charge is 2.05. The Morgan fingerprint density at radius 1 is 1.75 bits per heavy atom. The molecule has 61 valence electrons. The number of guanidine groups is 1. The van der Waals surface area contributed by atoms with Crippen molar-refractivity contribution in [2.45, 2.75) is 0 Å². The topological polar surface area (TPSA) is 91.9 Å². The normalized spacial score (nSPS) is 9.00. The predicted octanol–water partition coefficient (Wildman–Crippen LogP) is -0.495. The molecule has 5 heteroatoms. The smallest absolute Gasteiger partial charge is 0.276 e. The number of amides is 1. The molecule has 0 aliphatic carbocycles. The zero-order valence-electron chi connectivity index (χ0n) is 6.16. The summed E-state index contributed by atoms with van der Waals surface area (Å²) in [7, 11) is 0. The van der Waals surface area contributed by atoms with Gasteiger partial charge in [-0.3, -0.25) is 20.5 Å². The molecule has 0 saturated heterocycles. The van der Waals surface area contributed by atoms with Gasteiger partial charge in [0.25, 0.3) is 5.91 Å². The number of carbonyl (C=O) groups excluding carboxylic acids is 1. The first kappa shape index (κ1) is 8.19. The number of hydrogen-bond acceptors (Lipinski definition) is 3. The molecule has 0 fully saturated rings. The van der Waals surface area contributed by atoms with Crippen molar-refractivity contribution in [2.75, 3.05) is 0 Å². The number of rotatable bonds is 1. The lowest BCUT2D eigenvalue weighted by Gasteiger charge is -1.99. The van der Waals surface area contributed by atoms with Crippen molar-refractivity contribution in [3.8, 4) is 0 Å². The molecule has 1 aromatic heterocycles. The van der Waals surface area contributed by atoms with Crippen LogP contribution < -0.4 is 11.1 Å². The van der Waals surface area contributed by atoms with Crippen LogP contribution in [0.25, 0.3) is 0 Å². The average molecular weight is 163 g/mol. The van der Waals surface area contributed by atoms with Gasteiger partial charge in [-0.05, 0) is 6.07 Å². The van der Waals surface area contributed by atoms with Gasteiger partial charge in [-0.25, -0.2) is 0 Å². The van der Waals surface area contributed by atoms with E-state index in [9.17, 15) is 4.79 Å². The summed E-state index contributed by atoms with van der Waals surface area (Å²) < 4.78 is 0. The highest BCUT2D eigenvalue weighted by Crippen LogP contribution is 1.90. The van der Waals surface area contributed by atoms with Crippen LogP contribution in [0.15, 0.2) is 18.3 Å². The van der Waals surface area contributed by atoms with Gasteiger partial charge in [0.15, 0.2) is 5.96 Å². The number of pyridine rings is 1. The Labute approximate surface area is 69.1 Å². The zero-order valence-corrected chi connectivity index (χ0v) is 6.16.